The summed E-state index contributed by atoms with van der Waals surface area (Å²) in [5, 5.41) is 9.96. The van der Waals surface area contributed by atoms with Crippen LogP contribution in [0, 0.1) is 0 Å². The van der Waals surface area contributed by atoms with Crippen molar-refractivity contribution in [2.45, 2.75) is 24.8 Å². The molecule has 1 fully saturated rings. The third-order valence-corrected chi connectivity index (χ3v) is 3.68. The van der Waals surface area contributed by atoms with Crippen molar-refractivity contribution < 1.29 is 4.79 Å². The largest absolute Gasteiger partial charge is 0.341 e. The van der Waals surface area contributed by atoms with Crippen molar-refractivity contribution in [3.63, 3.8) is 0 Å². The first-order valence-corrected chi connectivity index (χ1v) is 6.38. The van der Waals surface area contributed by atoms with E-state index in [2.05, 4.69) is 20.5 Å². The van der Waals surface area contributed by atoms with Gasteiger partial charge in [0.05, 0.1) is 0 Å². The van der Waals surface area contributed by atoms with Crippen LogP contribution in [-0.2, 0) is 4.79 Å². The van der Waals surface area contributed by atoms with Gasteiger partial charge in [0.2, 0.25) is 5.91 Å². The Balaban J connectivity index is 1.56. The minimum Gasteiger partial charge on any atom is -0.341 e. The molecule has 0 bridgehead atoms. The highest BCUT2D eigenvalue weighted by Gasteiger charge is 2.29. The molecule has 18 heavy (non-hydrogen) atoms. The maximum Gasteiger partial charge on any atom is 0.243 e. The zero-order valence-electron chi connectivity index (χ0n) is 10.2. The second kappa shape index (κ2) is 4.89. The first-order valence-electron chi connectivity index (χ1n) is 6.38. The van der Waals surface area contributed by atoms with Crippen molar-refractivity contribution in [3.05, 3.63) is 24.3 Å². The van der Waals surface area contributed by atoms with Crippen molar-refractivity contribution >= 4 is 5.91 Å². The van der Waals surface area contributed by atoms with E-state index in [4.69, 9.17) is 0 Å². The van der Waals surface area contributed by atoms with Crippen LogP contribution in [0.4, 0.5) is 0 Å². The number of rotatable bonds is 2. The normalized spacial score (nSPS) is 24.7. The number of hydrogen-bond acceptors (Lipinski definition) is 4. The predicted octanol–water partition coefficient (Wildman–Crippen LogP) is 0.0387. The smallest absolute Gasteiger partial charge is 0.243 e. The molecular formula is C12H17N5O. The number of nitrogens with zero attached hydrogens (tertiary/aromatic N) is 3. The molecule has 2 aliphatic heterocycles. The van der Waals surface area contributed by atoms with E-state index in [0.29, 0.717) is 5.92 Å². The van der Waals surface area contributed by atoms with Crippen LogP contribution in [0.5, 0.6) is 0 Å². The molecular weight excluding hydrogens is 230 g/mol. The number of hydrogen-bond donors (Lipinski definition) is 2. The fourth-order valence-electron chi connectivity index (χ4n) is 2.62. The fourth-order valence-corrected chi connectivity index (χ4v) is 2.62. The van der Waals surface area contributed by atoms with Crippen LogP contribution in [0.3, 0.4) is 0 Å². The van der Waals surface area contributed by atoms with Gasteiger partial charge < -0.3 is 4.90 Å². The lowest BCUT2D eigenvalue weighted by molar-refractivity contribution is -0.133. The lowest BCUT2D eigenvalue weighted by atomic mass is 9.96. The number of carbonyl (C=O) groups excluding carboxylic acids is 1. The number of carbonyl (C=O) groups is 1. The third kappa shape index (κ3) is 2.15. The Bertz CT molecular complexity index is 433. The van der Waals surface area contributed by atoms with Crippen LogP contribution in [-0.4, -0.2) is 51.7 Å². The Morgan fingerprint density at radius 2 is 2.22 bits per heavy atom. The molecule has 1 aromatic heterocycles. The van der Waals surface area contributed by atoms with E-state index in [1.165, 1.54) is 0 Å². The van der Waals surface area contributed by atoms with E-state index in [1.54, 1.807) is 6.33 Å². The van der Waals surface area contributed by atoms with E-state index >= 15 is 0 Å². The fraction of sp³-hybridized carbons (Fsp3) is 0.583. The molecule has 3 heterocycles. The van der Waals surface area contributed by atoms with Crippen LogP contribution in [0.2, 0.25) is 0 Å². The molecule has 1 aromatic rings. The first kappa shape index (κ1) is 11.4. The number of aromatic nitrogens is 3. The summed E-state index contributed by atoms with van der Waals surface area (Å²) < 4.78 is 0. The van der Waals surface area contributed by atoms with Gasteiger partial charge in [0.1, 0.15) is 18.2 Å². The molecule has 6 nitrogen and oxygen atoms in total. The molecule has 1 atom stereocenters. The summed E-state index contributed by atoms with van der Waals surface area (Å²) in [5.74, 6) is 1.55. The predicted molar refractivity (Wildman–Crippen MR) is 65.9 cm³/mol. The van der Waals surface area contributed by atoms with Gasteiger partial charge in [0, 0.05) is 25.6 Å². The number of piperidine rings is 1. The molecule has 0 saturated carbocycles. The van der Waals surface area contributed by atoms with Crippen LogP contribution < -0.4 is 5.32 Å². The van der Waals surface area contributed by atoms with Crippen LogP contribution in [0.1, 0.15) is 24.6 Å². The molecule has 0 radical (unpaired) electrons. The zero-order chi connectivity index (χ0) is 12.4. The Labute approximate surface area is 105 Å². The molecule has 0 unspecified atom stereocenters. The summed E-state index contributed by atoms with van der Waals surface area (Å²) in [6.45, 7) is 2.40. The summed E-state index contributed by atoms with van der Waals surface area (Å²) in [5.41, 5.74) is 0. The van der Waals surface area contributed by atoms with Gasteiger partial charge in [-0.3, -0.25) is 15.2 Å². The summed E-state index contributed by atoms with van der Waals surface area (Å²) in [6, 6.07) is -0.119. The van der Waals surface area contributed by atoms with Gasteiger partial charge in [0.25, 0.3) is 0 Å². The topological polar surface area (TPSA) is 73.9 Å². The molecule has 0 aromatic carbocycles. The third-order valence-electron chi connectivity index (χ3n) is 3.68. The quantitative estimate of drug-likeness (QED) is 0.724. The standard InChI is InChI=1S/C12H17N5O/c18-12(10-2-1-5-13-10)17-6-3-9(4-7-17)11-14-8-15-16-11/h1-2,8-10,13H,3-7H2,(H,14,15,16)/t10-/m1/s1. The summed E-state index contributed by atoms with van der Waals surface area (Å²) >= 11 is 0. The lowest BCUT2D eigenvalue weighted by Gasteiger charge is -2.32. The van der Waals surface area contributed by atoms with E-state index in [0.717, 1.165) is 38.3 Å². The van der Waals surface area contributed by atoms with Crippen LogP contribution in [0.25, 0.3) is 0 Å². The van der Waals surface area contributed by atoms with Gasteiger partial charge >= 0.3 is 0 Å². The number of H-pyrrole nitrogens is 1. The van der Waals surface area contributed by atoms with Crippen molar-refractivity contribution in [1.29, 1.82) is 0 Å². The van der Waals surface area contributed by atoms with E-state index in [-0.39, 0.29) is 11.9 Å². The molecule has 1 saturated heterocycles. The molecule has 0 spiro atoms. The molecule has 6 heteroatoms. The van der Waals surface area contributed by atoms with Crippen molar-refractivity contribution in [2.24, 2.45) is 0 Å². The lowest BCUT2D eigenvalue weighted by Crippen LogP contribution is -2.46. The Kier molecular flexibility index (Phi) is 3.10. The molecule has 3 rings (SSSR count). The summed E-state index contributed by atoms with van der Waals surface area (Å²) in [7, 11) is 0. The highest BCUT2D eigenvalue weighted by molar-refractivity contribution is 5.84. The minimum absolute atomic E-state index is 0.119. The molecule has 0 aliphatic carbocycles. The average molecular weight is 247 g/mol. The molecule has 1 amide bonds. The SMILES string of the molecule is O=C([C@H]1C=CCN1)N1CCC(c2ncn[nH]2)CC1. The number of likely N-dealkylation sites (tertiary alicyclic amines) is 1. The number of amides is 1. The number of aromatic amines is 1. The van der Waals surface area contributed by atoms with E-state index in [1.807, 2.05) is 17.1 Å². The maximum absolute atomic E-state index is 12.2. The van der Waals surface area contributed by atoms with Gasteiger partial charge in [-0.05, 0) is 12.8 Å². The van der Waals surface area contributed by atoms with Gasteiger partial charge in [0.15, 0.2) is 0 Å². The molecule has 2 aliphatic rings. The van der Waals surface area contributed by atoms with Crippen molar-refractivity contribution in [3.8, 4) is 0 Å². The van der Waals surface area contributed by atoms with E-state index in [9.17, 15) is 4.79 Å². The zero-order valence-corrected chi connectivity index (χ0v) is 10.2. The molecule has 2 N–H and O–H groups in total. The Hall–Kier alpha value is -1.69. The van der Waals surface area contributed by atoms with Crippen LogP contribution >= 0.6 is 0 Å². The van der Waals surface area contributed by atoms with E-state index < -0.39 is 0 Å². The number of nitrogens with one attached hydrogen (secondary N) is 2. The maximum atomic E-state index is 12.2. The monoisotopic (exact) mass is 247 g/mol. The second-order valence-corrected chi connectivity index (χ2v) is 4.78. The second-order valence-electron chi connectivity index (χ2n) is 4.78. The van der Waals surface area contributed by atoms with Crippen LogP contribution in [0.15, 0.2) is 18.5 Å². The highest BCUT2D eigenvalue weighted by Crippen LogP contribution is 2.25. The highest BCUT2D eigenvalue weighted by atomic mass is 16.2. The van der Waals surface area contributed by atoms with Gasteiger partial charge in [-0.15, -0.1) is 0 Å². The van der Waals surface area contributed by atoms with Crippen molar-refractivity contribution in [2.75, 3.05) is 19.6 Å². The van der Waals surface area contributed by atoms with Crippen molar-refractivity contribution in [1.82, 2.24) is 25.4 Å². The minimum atomic E-state index is -0.119. The Morgan fingerprint density at radius 1 is 1.39 bits per heavy atom. The van der Waals surface area contributed by atoms with Gasteiger partial charge in [-0.25, -0.2) is 4.98 Å². The average Bonchev–Trinajstić information content (AvgIpc) is 3.11. The molecule has 96 valence electrons. The summed E-state index contributed by atoms with van der Waals surface area (Å²) in [4.78, 5) is 18.3. The van der Waals surface area contributed by atoms with Gasteiger partial charge in [-0.1, -0.05) is 12.2 Å². The summed E-state index contributed by atoms with van der Waals surface area (Å²) in [6.07, 6.45) is 7.41. The Morgan fingerprint density at radius 3 is 2.83 bits per heavy atom. The van der Waals surface area contributed by atoms with Gasteiger partial charge in [-0.2, -0.15) is 5.10 Å². The first-order chi connectivity index (χ1) is 8.84.